The molecule has 8 heteroatoms. The summed E-state index contributed by atoms with van der Waals surface area (Å²) in [6.07, 6.45) is 3.82. The van der Waals surface area contributed by atoms with Crippen LogP contribution in [0.2, 0.25) is 0 Å². The number of rotatable bonds is 5. The molecule has 0 unspecified atom stereocenters. The highest BCUT2D eigenvalue weighted by Gasteiger charge is 2.24. The van der Waals surface area contributed by atoms with Crippen molar-refractivity contribution in [1.82, 2.24) is 19.0 Å². The Bertz CT molecular complexity index is 1250. The Labute approximate surface area is 192 Å². The summed E-state index contributed by atoms with van der Waals surface area (Å²) in [6, 6.07) is 7.74. The van der Waals surface area contributed by atoms with Crippen molar-refractivity contribution in [2.75, 3.05) is 13.1 Å². The molecule has 4 rings (SSSR count). The van der Waals surface area contributed by atoms with Gasteiger partial charge >= 0.3 is 5.97 Å². The number of carbonyl (C=O) groups excluding carboxylic acids is 2. The number of likely N-dealkylation sites (tertiary alicyclic amines) is 1. The van der Waals surface area contributed by atoms with Gasteiger partial charge in [-0.1, -0.05) is 6.07 Å². The van der Waals surface area contributed by atoms with Crippen molar-refractivity contribution in [1.29, 1.82) is 0 Å². The number of benzene rings is 1. The van der Waals surface area contributed by atoms with Gasteiger partial charge < -0.3 is 18.8 Å². The number of amides is 1. The zero-order valence-electron chi connectivity index (χ0n) is 19.6. The fourth-order valence-corrected chi connectivity index (χ4v) is 4.61. The number of carbonyl (C=O) groups is 2. The van der Waals surface area contributed by atoms with E-state index < -0.39 is 0 Å². The highest BCUT2D eigenvalue weighted by atomic mass is 16.5. The molecule has 0 spiro atoms. The average molecular weight is 451 g/mol. The maximum atomic E-state index is 12.3. The number of hydrogen-bond acceptors (Lipinski definition) is 5. The van der Waals surface area contributed by atoms with Crippen LogP contribution in [0.5, 0.6) is 0 Å². The number of imidazole rings is 1. The van der Waals surface area contributed by atoms with Gasteiger partial charge in [0.25, 0.3) is 5.56 Å². The van der Waals surface area contributed by atoms with E-state index in [0.29, 0.717) is 24.6 Å². The molecule has 0 radical (unpaired) electrons. The van der Waals surface area contributed by atoms with Crippen molar-refractivity contribution in [3.8, 4) is 11.4 Å². The third kappa shape index (κ3) is 4.84. The van der Waals surface area contributed by atoms with Crippen molar-refractivity contribution in [3.63, 3.8) is 0 Å². The number of fused-ring (bicyclic) bond motifs is 1. The van der Waals surface area contributed by atoms with E-state index in [0.717, 1.165) is 47.4 Å². The second-order valence-electron chi connectivity index (χ2n) is 8.95. The molecule has 1 atom stereocenters. The first-order valence-electron chi connectivity index (χ1n) is 11.3. The van der Waals surface area contributed by atoms with E-state index in [1.807, 2.05) is 42.3 Å². The van der Waals surface area contributed by atoms with Crippen LogP contribution in [0.15, 0.2) is 35.3 Å². The highest BCUT2D eigenvalue weighted by Crippen LogP contribution is 2.29. The summed E-state index contributed by atoms with van der Waals surface area (Å²) < 4.78 is 8.95. The Morgan fingerprint density at radius 3 is 2.70 bits per heavy atom. The minimum atomic E-state index is -0.323. The lowest BCUT2D eigenvalue weighted by Crippen LogP contribution is -2.39. The van der Waals surface area contributed by atoms with Gasteiger partial charge in [-0.2, -0.15) is 0 Å². The fraction of sp³-hybridized carbons (Fsp3) is 0.440. The average Bonchev–Trinajstić information content (AvgIpc) is 3.13. The SMILES string of the molecule is CC(=O)OCc1ccc2nc(-c3cc(C)c(=O)n(C)c3)n(C[C@H]3CCCN(C(C)=O)C3)c2c1. The summed E-state index contributed by atoms with van der Waals surface area (Å²) in [7, 11) is 1.74. The van der Waals surface area contributed by atoms with E-state index in [1.165, 1.54) is 6.92 Å². The van der Waals surface area contributed by atoms with Crippen LogP contribution < -0.4 is 5.56 Å². The van der Waals surface area contributed by atoms with E-state index in [2.05, 4.69) is 4.57 Å². The van der Waals surface area contributed by atoms with E-state index in [1.54, 1.807) is 18.5 Å². The molecule has 2 aromatic heterocycles. The topological polar surface area (TPSA) is 86.4 Å². The van der Waals surface area contributed by atoms with Gasteiger partial charge in [-0.05, 0) is 49.4 Å². The molecule has 33 heavy (non-hydrogen) atoms. The Hall–Kier alpha value is -3.42. The molecule has 8 nitrogen and oxygen atoms in total. The highest BCUT2D eigenvalue weighted by molar-refractivity contribution is 5.81. The number of nitrogens with zero attached hydrogens (tertiary/aromatic N) is 4. The number of ether oxygens (including phenoxy) is 1. The molecule has 1 saturated heterocycles. The maximum absolute atomic E-state index is 12.3. The molecule has 0 saturated carbocycles. The molecule has 0 N–H and O–H groups in total. The van der Waals surface area contributed by atoms with Crippen LogP contribution in [0.4, 0.5) is 0 Å². The Morgan fingerprint density at radius 2 is 2.00 bits per heavy atom. The van der Waals surface area contributed by atoms with Gasteiger partial charge in [0.05, 0.1) is 11.0 Å². The van der Waals surface area contributed by atoms with Crippen molar-refractivity contribution < 1.29 is 14.3 Å². The molecule has 1 amide bonds. The molecule has 3 heterocycles. The standard InChI is InChI=1S/C25H30N4O4/c1-16-10-21(14-27(4)25(16)32)24-26-22-8-7-19(15-33-18(3)31)11-23(22)29(24)13-20-6-5-9-28(12-20)17(2)30/h7-8,10-11,14,20H,5-6,9,12-13,15H2,1-4H3/t20-/m0/s1. The van der Waals surface area contributed by atoms with Crippen molar-refractivity contribution >= 4 is 22.9 Å². The summed E-state index contributed by atoms with van der Waals surface area (Å²) in [5.74, 6) is 0.863. The second-order valence-corrected chi connectivity index (χ2v) is 8.95. The fourth-order valence-electron chi connectivity index (χ4n) is 4.61. The minimum Gasteiger partial charge on any atom is -0.461 e. The monoisotopic (exact) mass is 450 g/mol. The first kappa shape index (κ1) is 22.8. The predicted octanol–water partition coefficient (Wildman–Crippen LogP) is 3.03. The second kappa shape index (κ2) is 9.21. The summed E-state index contributed by atoms with van der Waals surface area (Å²) in [5, 5.41) is 0. The molecule has 3 aromatic rings. The zero-order chi connectivity index (χ0) is 23.7. The summed E-state index contributed by atoms with van der Waals surface area (Å²) in [4.78, 5) is 42.3. The van der Waals surface area contributed by atoms with Gasteiger partial charge in [-0.3, -0.25) is 14.4 Å². The number of pyridine rings is 1. The smallest absolute Gasteiger partial charge is 0.302 e. The van der Waals surface area contributed by atoms with E-state index >= 15 is 0 Å². The van der Waals surface area contributed by atoms with Gasteiger partial charge in [0.15, 0.2) is 0 Å². The lowest BCUT2D eigenvalue weighted by Gasteiger charge is -2.32. The van der Waals surface area contributed by atoms with E-state index in [4.69, 9.17) is 9.72 Å². The van der Waals surface area contributed by atoms with Gasteiger partial charge in [-0.25, -0.2) is 4.98 Å². The summed E-state index contributed by atoms with van der Waals surface area (Å²) in [5.41, 5.74) is 4.16. The summed E-state index contributed by atoms with van der Waals surface area (Å²) in [6.45, 7) is 7.24. The van der Waals surface area contributed by atoms with Crippen LogP contribution in [0.1, 0.15) is 37.8 Å². The third-order valence-electron chi connectivity index (χ3n) is 6.28. The molecule has 1 fully saturated rings. The third-order valence-corrected chi connectivity index (χ3v) is 6.28. The number of piperidine rings is 1. The van der Waals surface area contributed by atoms with Gasteiger partial charge in [-0.15, -0.1) is 0 Å². The van der Waals surface area contributed by atoms with Crippen LogP contribution >= 0.6 is 0 Å². The van der Waals surface area contributed by atoms with Crippen LogP contribution in [-0.2, 0) is 34.5 Å². The molecular weight excluding hydrogens is 420 g/mol. The van der Waals surface area contributed by atoms with Crippen LogP contribution in [0.3, 0.4) is 0 Å². The quantitative estimate of drug-likeness (QED) is 0.558. The Kier molecular flexibility index (Phi) is 6.35. The first-order chi connectivity index (χ1) is 15.7. The van der Waals surface area contributed by atoms with Crippen LogP contribution in [-0.4, -0.2) is 44.0 Å². The van der Waals surface area contributed by atoms with E-state index in [-0.39, 0.29) is 24.0 Å². The molecule has 1 aromatic carbocycles. The maximum Gasteiger partial charge on any atom is 0.302 e. The van der Waals surface area contributed by atoms with Crippen LogP contribution in [0, 0.1) is 12.8 Å². The van der Waals surface area contributed by atoms with Crippen molar-refractivity contribution in [3.05, 3.63) is 51.9 Å². The Balaban J connectivity index is 1.80. The van der Waals surface area contributed by atoms with Gasteiger partial charge in [0.1, 0.15) is 12.4 Å². The van der Waals surface area contributed by atoms with Crippen molar-refractivity contribution in [2.24, 2.45) is 13.0 Å². The van der Waals surface area contributed by atoms with Gasteiger partial charge in [0.2, 0.25) is 5.91 Å². The number of esters is 1. The lowest BCUT2D eigenvalue weighted by molar-refractivity contribution is -0.142. The molecule has 1 aliphatic rings. The molecule has 0 aliphatic carbocycles. The number of hydrogen-bond donors (Lipinski definition) is 0. The molecule has 174 valence electrons. The van der Waals surface area contributed by atoms with Crippen molar-refractivity contribution in [2.45, 2.75) is 46.8 Å². The lowest BCUT2D eigenvalue weighted by atomic mass is 9.97. The van der Waals surface area contributed by atoms with Crippen LogP contribution in [0.25, 0.3) is 22.4 Å². The molecular formula is C25H30N4O4. The molecule has 1 aliphatic heterocycles. The van der Waals surface area contributed by atoms with Gasteiger partial charge in [0, 0.05) is 57.9 Å². The van der Waals surface area contributed by atoms with E-state index in [9.17, 15) is 14.4 Å². The summed E-state index contributed by atoms with van der Waals surface area (Å²) >= 11 is 0. The zero-order valence-corrected chi connectivity index (χ0v) is 19.6. The minimum absolute atomic E-state index is 0.0329. The first-order valence-corrected chi connectivity index (χ1v) is 11.3. The normalized spacial score (nSPS) is 16.2. The Morgan fingerprint density at radius 1 is 1.21 bits per heavy atom. The molecule has 0 bridgehead atoms. The predicted molar refractivity (Wildman–Crippen MR) is 126 cm³/mol. The number of aryl methyl sites for hydroxylation is 2. The number of aromatic nitrogens is 3. The largest absolute Gasteiger partial charge is 0.461 e.